The first-order valence-electron chi connectivity index (χ1n) is 7.97. The second-order valence-corrected chi connectivity index (χ2v) is 6.87. The zero-order valence-electron chi connectivity index (χ0n) is 14.4. The molecule has 0 aliphatic carbocycles. The number of hydrogen-bond donors (Lipinski definition) is 2. The third kappa shape index (κ3) is 4.56. The van der Waals surface area contributed by atoms with Crippen molar-refractivity contribution in [2.75, 3.05) is 0 Å². The highest BCUT2D eigenvalue weighted by Gasteiger charge is 2.19. The number of aromatic nitrogens is 1. The van der Waals surface area contributed by atoms with E-state index in [1.165, 1.54) is 13.1 Å². The molecule has 0 fully saturated rings. The van der Waals surface area contributed by atoms with Gasteiger partial charge in [-0.1, -0.05) is 29.3 Å². The minimum atomic E-state index is -0.917. The first kappa shape index (κ1) is 20.3. The van der Waals surface area contributed by atoms with E-state index in [1.807, 2.05) is 6.07 Å². The fourth-order valence-corrected chi connectivity index (χ4v) is 2.81. The number of aromatic hydroxyl groups is 1. The second-order valence-electron chi connectivity index (χ2n) is 6.06. The Labute approximate surface area is 160 Å². The second kappa shape index (κ2) is 8.56. The predicted octanol–water partition coefficient (Wildman–Crippen LogP) is 3.62. The minimum absolute atomic E-state index is 0.0152. The van der Waals surface area contributed by atoms with E-state index in [2.05, 4.69) is 5.32 Å². The molecule has 2 N–H and O–H groups in total. The van der Waals surface area contributed by atoms with Crippen LogP contribution in [0.3, 0.4) is 0 Å². The number of pyridine rings is 1. The first-order chi connectivity index (χ1) is 12.2. The molecule has 0 saturated heterocycles. The van der Waals surface area contributed by atoms with Gasteiger partial charge in [0, 0.05) is 13.1 Å². The van der Waals surface area contributed by atoms with Gasteiger partial charge in [-0.15, -0.1) is 0 Å². The van der Waals surface area contributed by atoms with Crippen LogP contribution in [0.2, 0.25) is 10.0 Å². The Morgan fingerprint density at radius 1 is 1.31 bits per heavy atom. The van der Waals surface area contributed by atoms with Crippen LogP contribution in [-0.4, -0.2) is 21.6 Å². The Hall–Kier alpha value is -2.05. The molecule has 0 aliphatic heterocycles. The molecule has 0 aliphatic rings. The fraction of sp³-hybridized carbons (Fsp3) is 0.333. The molecule has 0 spiro atoms. The quantitative estimate of drug-likeness (QED) is 0.777. The number of nitrogens with zero attached hydrogens (tertiary/aromatic N) is 1. The van der Waals surface area contributed by atoms with Crippen molar-refractivity contribution in [2.24, 2.45) is 7.05 Å². The van der Waals surface area contributed by atoms with Crippen molar-refractivity contribution in [3.63, 3.8) is 0 Å². The molecule has 1 aromatic heterocycles. The van der Waals surface area contributed by atoms with E-state index >= 15 is 0 Å². The van der Waals surface area contributed by atoms with Gasteiger partial charge in [0.15, 0.2) is 5.75 Å². The van der Waals surface area contributed by atoms with Crippen molar-refractivity contribution in [1.29, 1.82) is 0 Å². The summed E-state index contributed by atoms with van der Waals surface area (Å²) >= 11 is 11.9. The molecule has 1 unspecified atom stereocenters. The lowest BCUT2D eigenvalue weighted by Crippen LogP contribution is -2.34. The van der Waals surface area contributed by atoms with Crippen LogP contribution in [0.1, 0.15) is 35.0 Å². The van der Waals surface area contributed by atoms with Gasteiger partial charge in [0.05, 0.1) is 21.3 Å². The summed E-state index contributed by atoms with van der Waals surface area (Å²) in [5, 5.41) is 13.5. The summed E-state index contributed by atoms with van der Waals surface area (Å²) < 4.78 is 14.0. The lowest BCUT2D eigenvalue weighted by Gasteiger charge is -2.16. The van der Waals surface area contributed by atoms with E-state index in [9.17, 15) is 19.1 Å². The third-order valence-electron chi connectivity index (χ3n) is 4.11. The van der Waals surface area contributed by atoms with Crippen molar-refractivity contribution >= 4 is 29.1 Å². The normalized spacial score (nSPS) is 12.0. The molecule has 26 heavy (non-hydrogen) atoms. The molecule has 140 valence electrons. The lowest BCUT2D eigenvalue weighted by molar-refractivity contribution is 0.0935. The van der Waals surface area contributed by atoms with Crippen LogP contribution in [0.5, 0.6) is 5.75 Å². The number of carbonyl (C=O) groups is 1. The predicted molar refractivity (Wildman–Crippen MR) is 99.9 cm³/mol. The summed E-state index contributed by atoms with van der Waals surface area (Å²) in [7, 11) is 1.33. The van der Waals surface area contributed by atoms with Crippen LogP contribution in [0.4, 0.5) is 4.39 Å². The molecule has 5 nitrogen and oxygen atoms in total. The van der Waals surface area contributed by atoms with Crippen molar-refractivity contribution in [3.8, 4) is 5.75 Å². The zero-order valence-corrected chi connectivity index (χ0v) is 15.9. The van der Waals surface area contributed by atoms with Crippen LogP contribution < -0.4 is 10.9 Å². The number of carbonyl (C=O) groups excluding carboxylic acids is 1. The number of benzene rings is 1. The molecule has 0 saturated carbocycles. The highest BCUT2D eigenvalue weighted by molar-refractivity contribution is 6.42. The van der Waals surface area contributed by atoms with Crippen LogP contribution in [-0.2, 0) is 20.1 Å². The minimum Gasteiger partial charge on any atom is -0.502 e. The van der Waals surface area contributed by atoms with Crippen molar-refractivity contribution in [2.45, 2.75) is 32.5 Å². The maximum absolute atomic E-state index is 13.0. The van der Waals surface area contributed by atoms with E-state index in [4.69, 9.17) is 23.2 Å². The average molecular weight is 401 g/mol. The molecule has 8 heteroatoms. The summed E-state index contributed by atoms with van der Waals surface area (Å²) in [5.41, 5.74) is -0.0612. The highest BCUT2D eigenvalue weighted by Crippen LogP contribution is 2.23. The Balaban J connectivity index is 2.06. The number of hydrogen-bond acceptors (Lipinski definition) is 3. The van der Waals surface area contributed by atoms with Gasteiger partial charge >= 0.3 is 0 Å². The smallest absolute Gasteiger partial charge is 0.293 e. The molecule has 1 atom stereocenters. The Morgan fingerprint density at radius 2 is 2.00 bits per heavy atom. The number of rotatable bonds is 6. The van der Waals surface area contributed by atoms with Crippen molar-refractivity contribution < 1.29 is 14.3 Å². The van der Waals surface area contributed by atoms with Crippen LogP contribution in [0, 0.1) is 0 Å². The van der Waals surface area contributed by atoms with Gasteiger partial charge in [0.2, 0.25) is 0 Å². The summed E-state index contributed by atoms with van der Waals surface area (Å²) in [6.07, 6.45) is 1.25. The van der Waals surface area contributed by atoms with E-state index in [0.29, 0.717) is 22.9 Å². The van der Waals surface area contributed by atoms with Gasteiger partial charge in [0.25, 0.3) is 11.5 Å². The van der Waals surface area contributed by atoms with Gasteiger partial charge in [-0.05, 0) is 43.5 Å². The molecule has 1 amide bonds. The SMILES string of the molecule is CC(CCc1ccc(Cl)c(Cl)c1)NC(=O)c1cc(CF)n(C)c(=O)c1O. The van der Waals surface area contributed by atoms with Crippen LogP contribution >= 0.6 is 23.2 Å². The van der Waals surface area contributed by atoms with Crippen molar-refractivity contribution in [1.82, 2.24) is 9.88 Å². The Kier molecular flexibility index (Phi) is 6.67. The molecule has 1 aromatic carbocycles. The maximum atomic E-state index is 13.0. The molecular weight excluding hydrogens is 382 g/mol. The monoisotopic (exact) mass is 400 g/mol. The van der Waals surface area contributed by atoms with E-state index in [1.54, 1.807) is 19.1 Å². The molecule has 2 aromatic rings. The van der Waals surface area contributed by atoms with Gasteiger partial charge < -0.3 is 15.0 Å². The number of halogens is 3. The molecule has 2 rings (SSSR count). The molecule has 1 heterocycles. The fourth-order valence-electron chi connectivity index (χ4n) is 2.49. The number of nitrogens with one attached hydrogen (secondary N) is 1. The van der Waals surface area contributed by atoms with Gasteiger partial charge in [-0.2, -0.15) is 0 Å². The molecule has 0 bridgehead atoms. The number of aryl methyl sites for hydroxylation is 1. The van der Waals surface area contributed by atoms with E-state index in [-0.39, 0.29) is 17.3 Å². The molecular formula is C18H19Cl2FN2O3. The topological polar surface area (TPSA) is 71.3 Å². The third-order valence-corrected chi connectivity index (χ3v) is 4.85. The number of alkyl halides is 1. The van der Waals surface area contributed by atoms with E-state index in [0.717, 1.165) is 10.1 Å². The Bertz CT molecular complexity index is 883. The summed E-state index contributed by atoms with van der Waals surface area (Å²) in [5.74, 6) is -1.32. The summed E-state index contributed by atoms with van der Waals surface area (Å²) in [6.45, 7) is 0.878. The summed E-state index contributed by atoms with van der Waals surface area (Å²) in [4.78, 5) is 24.2. The van der Waals surface area contributed by atoms with Crippen LogP contribution in [0.15, 0.2) is 29.1 Å². The standard InChI is InChI=1S/C18H19Cl2FN2O3/c1-10(3-4-11-5-6-14(19)15(20)7-11)22-17(25)13-8-12(9-21)23(2)18(26)16(13)24/h5-8,10,24H,3-4,9H2,1-2H3,(H,22,25). The largest absolute Gasteiger partial charge is 0.502 e. The zero-order chi connectivity index (χ0) is 19.4. The van der Waals surface area contributed by atoms with E-state index < -0.39 is 23.9 Å². The highest BCUT2D eigenvalue weighted by atomic mass is 35.5. The lowest BCUT2D eigenvalue weighted by atomic mass is 10.1. The molecule has 0 radical (unpaired) electrons. The van der Waals surface area contributed by atoms with Gasteiger partial charge in [0.1, 0.15) is 6.67 Å². The summed E-state index contributed by atoms with van der Waals surface area (Å²) in [6, 6.07) is 6.26. The average Bonchev–Trinajstić information content (AvgIpc) is 2.61. The number of amides is 1. The maximum Gasteiger partial charge on any atom is 0.293 e. The Morgan fingerprint density at radius 3 is 2.62 bits per heavy atom. The van der Waals surface area contributed by atoms with Crippen LogP contribution in [0.25, 0.3) is 0 Å². The first-order valence-corrected chi connectivity index (χ1v) is 8.72. The van der Waals surface area contributed by atoms with Gasteiger partial charge in [-0.3, -0.25) is 9.59 Å². The van der Waals surface area contributed by atoms with Crippen molar-refractivity contribution in [3.05, 3.63) is 61.5 Å². The van der Waals surface area contributed by atoms with Gasteiger partial charge in [-0.25, -0.2) is 4.39 Å².